The minimum Gasteiger partial charge on any atom is -0.0845 e. The van der Waals surface area contributed by atoms with Crippen molar-refractivity contribution in [2.45, 2.75) is 39.5 Å². The van der Waals surface area contributed by atoms with E-state index < -0.39 is 0 Å². The predicted octanol–water partition coefficient (Wildman–Crippen LogP) is 3.90. The first kappa shape index (κ1) is 10.5. The van der Waals surface area contributed by atoms with E-state index in [1.165, 1.54) is 25.7 Å². The Kier molecular flexibility index (Phi) is 7.23. The molecule has 0 saturated carbocycles. The van der Waals surface area contributed by atoms with Gasteiger partial charge in [0.2, 0.25) is 0 Å². The third-order valence-electron chi connectivity index (χ3n) is 1.49. The number of allylic oxidation sites excluding steroid dienone is 4. The van der Waals surface area contributed by atoms with Gasteiger partial charge < -0.3 is 0 Å². The van der Waals surface area contributed by atoms with Crippen molar-refractivity contribution in [3.8, 4) is 0 Å². The van der Waals surface area contributed by atoms with Crippen molar-refractivity contribution in [2.24, 2.45) is 0 Å². The Labute approximate surface area is 71.0 Å². The molecule has 0 aliphatic carbocycles. The fraction of sp³-hybridized carbons (Fsp3) is 0.545. The molecule has 0 fully saturated rings. The minimum atomic E-state index is 1.12. The molecule has 0 rings (SSSR count). The van der Waals surface area contributed by atoms with Gasteiger partial charge in [0, 0.05) is 0 Å². The zero-order valence-corrected chi connectivity index (χ0v) is 7.77. The molecule has 63 valence electrons. The van der Waals surface area contributed by atoms with Crippen LogP contribution < -0.4 is 0 Å². The van der Waals surface area contributed by atoms with Gasteiger partial charge in [0.15, 0.2) is 0 Å². The van der Waals surface area contributed by atoms with E-state index in [1.807, 2.05) is 13.0 Å². The van der Waals surface area contributed by atoms with Gasteiger partial charge in [-0.1, -0.05) is 43.6 Å². The molecule has 0 aliphatic rings. The molecule has 0 heterocycles. The summed E-state index contributed by atoms with van der Waals surface area (Å²) < 4.78 is 0. The Bertz CT molecular complexity index is 125. The summed E-state index contributed by atoms with van der Waals surface area (Å²) in [4.78, 5) is 0. The van der Waals surface area contributed by atoms with Gasteiger partial charge in [0.05, 0.1) is 0 Å². The summed E-state index contributed by atoms with van der Waals surface area (Å²) in [5.74, 6) is 0. The first-order chi connectivity index (χ1) is 5.27. The molecule has 0 aromatic carbocycles. The van der Waals surface area contributed by atoms with Crippen molar-refractivity contribution in [1.82, 2.24) is 0 Å². The molecule has 0 aromatic rings. The lowest BCUT2D eigenvalue weighted by atomic mass is 10.2. The van der Waals surface area contributed by atoms with Crippen molar-refractivity contribution in [3.63, 3.8) is 0 Å². The van der Waals surface area contributed by atoms with Crippen molar-refractivity contribution >= 4 is 0 Å². The van der Waals surface area contributed by atoms with Crippen LogP contribution in [0.5, 0.6) is 0 Å². The van der Waals surface area contributed by atoms with Gasteiger partial charge in [-0.25, -0.2) is 0 Å². The van der Waals surface area contributed by atoms with Gasteiger partial charge in [-0.2, -0.15) is 0 Å². The van der Waals surface area contributed by atoms with Crippen LogP contribution in [0.2, 0.25) is 0 Å². The van der Waals surface area contributed by atoms with E-state index in [4.69, 9.17) is 0 Å². The topological polar surface area (TPSA) is 0 Å². The lowest BCUT2D eigenvalue weighted by Crippen LogP contribution is -1.70. The third kappa shape index (κ3) is 9.48. The molecule has 0 bridgehead atoms. The zero-order valence-electron chi connectivity index (χ0n) is 7.77. The standard InChI is InChI=1S/C11H19/c1-4-5-6-7-8-9-10-11(2)3/h8-10H,2,4-7H2,1,3H3. The molecule has 11 heavy (non-hydrogen) atoms. The van der Waals surface area contributed by atoms with E-state index in [-0.39, 0.29) is 0 Å². The average Bonchev–Trinajstić information content (AvgIpc) is 1.96. The van der Waals surface area contributed by atoms with Crippen LogP contribution in [0, 0.1) is 6.92 Å². The largest absolute Gasteiger partial charge is 0.0845 e. The van der Waals surface area contributed by atoms with Gasteiger partial charge in [-0.15, -0.1) is 0 Å². The number of rotatable bonds is 5. The molecular weight excluding hydrogens is 132 g/mol. The van der Waals surface area contributed by atoms with E-state index in [9.17, 15) is 0 Å². The highest BCUT2D eigenvalue weighted by atomic mass is 13.9. The average molecular weight is 151 g/mol. The van der Waals surface area contributed by atoms with Crippen LogP contribution in [0.1, 0.15) is 39.5 Å². The lowest BCUT2D eigenvalue weighted by molar-refractivity contribution is 0.729. The second-order valence-electron chi connectivity index (χ2n) is 2.94. The summed E-state index contributed by atoms with van der Waals surface area (Å²) in [6, 6.07) is 0. The Morgan fingerprint density at radius 2 is 2.09 bits per heavy atom. The van der Waals surface area contributed by atoms with Crippen LogP contribution in [0.15, 0.2) is 23.8 Å². The van der Waals surface area contributed by atoms with Crippen molar-refractivity contribution < 1.29 is 0 Å². The fourth-order valence-corrected chi connectivity index (χ4v) is 0.841. The van der Waals surface area contributed by atoms with Crippen molar-refractivity contribution in [3.05, 3.63) is 30.7 Å². The van der Waals surface area contributed by atoms with Crippen LogP contribution in [0.25, 0.3) is 0 Å². The van der Waals surface area contributed by atoms with Gasteiger partial charge in [-0.05, 0) is 26.7 Å². The van der Waals surface area contributed by atoms with Crippen LogP contribution in [0.4, 0.5) is 0 Å². The van der Waals surface area contributed by atoms with Gasteiger partial charge in [0.1, 0.15) is 0 Å². The molecule has 0 saturated heterocycles. The van der Waals surface area contributed by atoms with E-state index in [2.05, 4.69) is 26.0 Å². The number of hydrogen-bond donors (Lipinski definition) is 0. The minimum absolute atomic E-state index is 1.12. The molecule has 0 aliphatic heterocycles. The summed E-state index contributed by atoms with van der Waals surface area (Å²) in [5, 5.41) is 0. The SMILES string of the molecule is [CH2]C(C)=CC=CCCCCC. The summed E-state index contributed by atoms with van der Waals surface area (Å²) >= 11 is 0. The quantitative estimate of drug-likeness (QED) is 0.413. The third-order valence-corrected chi connectivity index (χ3v) is 1.49. The van der Waals surface area contributed by atoms with E-state index in [1.54, 1.807) is 0 Å². The molecule has 0 nitrogen and oxygen atoms in total. The maximum atomic E-state index is 3.78. The number of unbranched alkanes of at least 4 members (excludes halogenated alkanes) is 3. The van der Waals surface area contributed by atoms with Gasteiger partial charge in [-0.3, -0.25) is 0 Å². The Morgan fingerprint density at radius 3 is 2.64 bits per heavy atom. The summed E-state index contributed by atoms with van der Waals surface area (Å²) in [7, 11) is 0. The molecule has 0 aromatic heterocycles. The second kappa shape index (κ2) is 7.59. The fourth-order valence-electron chi connectivity index (χ4n) is 0.841. The summed E-state index contributed by atoms with van der Waals surface area (Å²) in [5.41, 5.74) is 1.12. The normalized spacial score (nSPS) is 12.8. The number of hydrogen-bond acceptors (Lipinski definition) is 0. The lowest BCUT2D eigenvalue weighted by Gasteiger charge is -1.90. The Balaban J connectivity index is 3.23. The van der Waals surface area contributed by atoms with Gasteiger partial charge in [0.25, 0.3) is 0 Å². The van der Waals surface area contributed by atoms with Crippen molar-refractivity contribution in [1.29, 1.82) is 0 Å². The Hall–Kier alpha value is -0.520. The molecule has 0 N–H and O–H groups in total. The molecule has 0 amide bonds. The van der Waals surface area contributed by atoms with Crippen LogP contribution >= 0.6 is 0 Å². The van der Waals surface area contributed by atoms with E-state index >= 15 is 0 Å². The molecule has 1 radical (unpaired) electrons. The van der Waals surface area contributed by atoms with Crippen molar-refractivity contribution in [2.75, 3.05) is 0 Å². The smallest absolute Gasteiger partial charge is 0.0283 e. The highest BCUT2D eigenvalue weighted by Crippen LogP contribution is 1.99. The van der Waals surface area contributed by atoms with Crippen LogP contribution in [-0.2, 0) is 0 Å². The first-order valence-corrected chi connectivity index (χ1v) is 4.42. The van der Waals surface area contributed by atoms with Crippen LogP contribution in [-0.4, -0.2) is 0 Å². The zero-order chi connectivity index (χ0) is 8.53. The summed E-state index contributed by atoms with van der Waals surface area (Å²) in [6.07, 6.45) is 11.5. The summed E-state index contributed by atoms with van der Waals surface area (Å²) in [6.45, 7) is 8.02. The molecule has 0 heteroatoms. The first-order valence-electron chi connectivity index (χ1n) is 4.42. The maximum absolute atomic E-state index is 3.78. The molecule has 0 spiro atoms. The van der Waals surface area contributed by atoms with E-state index in [0.717, 1.165) is 5.57 Å². The highest BCUT2D eigenvalue weighted by molar-refractivity contribution is 5.12. The highest BCUT2D eigenvalue weighted by Gasteiger charge is 1.79. The Morgan fingerprint density at radius 1 is 1.36 bits per heavy atom. The van der Waals surface area contributed by atoms with E-state index in [0.29, 0.717) is 0 Å². The predicted molar refractivity (Wildman–Crippen MR) is 52.4 cm³/mol. The molecular formula is C11H19. The monoisotopic (exact) mass is 151 g/mol. The molecule has 0 atom stereocenters. The van der Waals surface area contributed by atoms with Crippen LogP contribution in [0.3, 0.4) is 0 Å². The maximum Gasteiger partial charge on any atom is -0.0283 e. The molecule has 0 unspecified atom stereocenters. The van der Waals surface area contributed by atoms with Gasteiger partial charge >= 0.3 is 0 Å². The second-order valence-corrected chi connectivity index (χ2v) is 2.94.